The fourth-order valence-electron chi connectivity index (χ4n) is 3.38. The van der Waals surface area contributed by atoms with Crippen LogP contribution in [0.15, 0.2) is 42.6 Å². The molecule has 1 saturated carbocycles. The first-order valence-corrected chi connectivity index (χ1v) is 8.24. The molecule has 1 aliphatic rings. The molecular weight excluding hydrogens is 319 g/mol. The molecule has 126 valence electrons. The fraction of sp³-hybridized carbons (Fsp3) is 0.300. The average Bonchev–Trinajstić information content (AvgIpc) is 2.63. The van der Waals surface area contributed by atoms with Gasteiger partial charge in [-0.2, -0.15) is 5.26 Å². The third-order valence-corrected chi connectivity index (χ3v) is 4.67. The Morgan fingerprint density at radius 2 is 2.16 bits per heavy atom. The summed E-state index contributed by atoms with van der Waals surface area (Å²) in [5.41, 5.74) is 1.35. The molecule has 2 aromatic rings. The maximum Gasteiger partial charge on any atom is 0.181 e. The second-order valence-electron chi connectivity index (χ2n) is 6.36. The van der Waals surface area contributed by atoms with E-state index in [2.05, 4.69) is 4.98 Å². The van der Waals surface area contributed by atoms with Gasteiger partial charge >= 0.3 is 0 Å². The monoisotopic (exact) mass is 336 g/mol. The van der Waals surface area contributed by atoms with E-state index < -0.39 is 5.82 Å². The smallest absolute Gasteiger partial charge is 0.181 e. The van der Waals surface area contributed by atoms with E-state index in [1.165, 1.54) is 12.1 Å². The van der Waals surface area contributed by atoms with Crippen molar-refractivity contribution in [3.05, 3.63) is 65.2 Å². The molecule has 2 atom stereocenters. The van der Waals surface area contributed by atoms with Gasteiger partial charge in [-0.15, -0.1) is 0 Å². The summed E-state index contributed by atoms with van der Waals surface area (Å²) in [4.78, 5) is 28.6. The molecular formula is C20H17FN2O2. The minimum Gasteiger partial charge on any atom is -0.299 e. The van der Waals surface area contributed by atoms with E-state index in [1.54, 1.807) is 30.5 Å². The number of aromatic nitrogens is 1. The first-order chi connectivity index (χ1) is 12.1. The second kappa shape index (κ2) is 7.35. The van der Waals surface area contributed by atoms with Gasteiger partial charge in [-0.3, -0.25) is 14.6 Å². The van der Waals surface area contributed by atoms with Crippen LogP contribution in [0.1, 0.15) is 53.2 Å². The number of pyridine rings is 1. The zero-order valence-corrected chi connectivity index (χ0v) is 13.6. The van der Waals surface area contributed by atoms with Crippen molar-refractivity contribution in [1.82, 2.24) is 4.98 Å². The quantitative estimate of drug-likeness (QED) is 0.796. The Hall–Kier alpha value is -2.87. The normalized spacial score (nSPS) is 20.1. The summed E-state index contributed by atoms with van der Waals surface area (Å²) >= 11 is 0. The van der Waals surface area contributed by atoms with E-state index in [9.17, 15) is 14.0 Å². The Bertz CT molecular complexity index is 843. The maximum absolute atomic E-state index is 13.7. The number of halogens is 1. The predicted octanol–water partition coefficient (Wildman–Crippen LogP) is 3.82. The lowest BCUT2D eigenvalue weighted by Crippen LogP contribution is -2.26. The van der Waals surface area contributed by atoms with E-state index in [-0.39, 0.29) is 35.4 Å². The molecule has 1 aliphatic carbocycles. The molecule has 25 heavy (non-hydrogen) atoms. The van der Waals surface area contributed by atoms with Crippen LogP contribution in [-0.2, 0) is 4.79 Å². The van der Waals surface area contributed by atoms with Crippen molar-refractivity contribution >= 4 is 11.6 Å². The van der Waals surface area contributed by atoms with Crippen LogP contribution in [0.2, 0.25) is 0 Å². The molecule has 0 amide bonds. The van der Waals surface area contributed by atoms with E-state index in [4.69, 9.17) is 5.26 Å². The number of rotatable bonds is 4. The minimum atomic E-state index is -0.452. The van der Waals surface area contributed by atoms with Gasteiger partial charge < -0.3 is 0 Å². The van der Waals surface area contributed by atoms with Crippen LogP contribution in [0.25, 0.3) is 0 Å². The Morgan fingerprint density at radius 1 is 1.32 bits per heavy atom. The zero-order chi connectivity index (χ0) is 17.8. The molecule has 0 N–H and O–H groups in total. The molecule has 0 aliphatic heterocycles. The number of carbonyl (C=O) groups is 2. The third-order valence-electron chi connectivity index (χ3n) is 4.67. The molecule has 0 saturated heterocycles. The summed E-state index contributed by atoms with van der Waals surface area (Å²) in [6.07, 6.45) is 3.14. The molecule has 2 unspecified atom stereocenters. The number of nitriles is 1. The summed E-state index contributed by atoms with van der Waals surface area (Å²) in [6, 6.07) is 11.3. The summed E-state index contributed by atoms with van der Waals surface area (Å²) in [7, 11) is 0. The van der Waals surface area contributed by atoms with Crippen molar-refractivity contribution in [3.63, 3.8) is 0 Å². The van der Waals surface area contributed by atoms with Crippen LogP contribution in [-0.4, -0.2) is 16.6 Å². The van der Waals surface area contributed by atoms with E-state index in [1.807, 2.05) is 6.07 Å². The third kappa shape index (κ3) is 3.97. The van der Waals surface area contributed by atoms with Crippen molar-refractivity contribution in [1.29, 1.82) is 5.26 Å². The molecule has 3 rings (SSSR count). The number of hydrogen-bond donors (Lipinski definition) is 0. The second-order valence-corrected chi connectivity index (χ2v) is 6.36. The highest BCUT2D eigenvalue weighted by atomic mass is 19.1. The fourth-order valence-corrected chi connectivity index (χ4v) is 3.38. The first-order valence-electron chi connectivity index (χ1n) is 8.24. The average molecular weight is 336 g/mol. The number of carbonyl (C=O) groups excluding carboxylic acids is 2. The van der Waals surface area contributed by atoms with Gasteiger partial charge in [-0.1, -0.05) is 6.07 Å². The lowest BCUT2D eigenvalue weighted by molar-refractivity contribution is -0.124. The van der Waals surface area contributed by atoms with E-state index >= 15 is 0 Å². The molecule has 4 nitrogen and oxygen atoms in total. The predicted molar refractivity (Wildman–Crippen MR) is 89.4 cm³/mol. The van der Waals surface area contributed by atoms with Gasteiger partial charge in [-0.05, 0) is 54.7 Å². The van der Waals surface area contributed by atoms with E-state index in [0.717, 1.165) is 5.56 Å². The van der Waals surface area contributed by atoms with Gasteiger partial charge in [0.15, 0.2) is 5.78 Å². The lowest BCUT2D eigenvalue weighted by atomic mass is 9.75. The number of Topliss-reactive ketones (excluding diaryl/α,β-unsaturated/α-hetero) is 2. The van der Waals surface area contributed by atoms with Crippen LogP contribution in [0.5, 0.6) is 0 Å². The van der Waals surface area contributed by atoms with Crippen molar-refractivity contribution in [2.75, 3.05) is 0 Å². The highest BCUT2D eigenvalue weighted by Gasteiger charge is 2.31. The van der Waals surface area contributed by atoms with Crippen LogP contribution >= 0.6 is 0 Å². The largest absolute Gasteiger partial charge is 0.299 e. The molecule has 1 aromatic heterocycles. The van der Waals surface area contributed by atoms with Gasteiger partial charge in [0.25, 0.3) is 0 Å². The van der Waals surface area contributed by atoms with Gasteiger partial charge in [-0.25, -0.2) is 4.39 Å². The minimum absolute atomic E-state index is 0.0259. The highest BCUT2D eigenvalue weighted by Crippen LogP contribution is 2.36. The maximum atomic E-state index is 13.7. The van der Waals surface area contributed by atoms with E-state index in [0.29, 0.717) is 25.0 Å². The standard InChI is InChI=1S/C20H17FN2O2/c21-17-8-13(12-22)7-15(10-17)14-4-5-19(24)16(9-14)11-20(25)18-3-1-2-6-23-18/h1-3,6-8,10,14,16H,4-5,9,11H2. The van der Waals surface area contributed by atoms with Gasteiger partial charge in [0.1, 0.15) is 17.3 Å². The number of benzene rings is 1. The van der Waals surface area contributed by atoms with Crippen molar-refractivity contribution in [2.24, 2.45) is 5.92 Å². The van der Waals surface area contributed by atoms with Crippen LogP contribution in [0.4, 0.5) is 4.39 Å². The van der Waals surface area contributed by atoms with Gasteiger partial charge in [0.05, 0.1) is 11.6 Å². The molecule has 1 fully saturated rings. The molecule has 0 spiro atoms. The molecule has 0 radical (unpaired) electrons. The lowest BCUT2D eigenvalue weighted by Gasteiger charge is -2.28. The van der Waals surface area contributed by atoms with Crippen LogP contribution < -0.4 is 0 Å². The number of ketones is 2. The Labute approximate surface area is 145 Å². The Kier molecular flexibility index (Phi) is 4.99. The summed E-state index contributed by atoms with van der Waals surface area (Å²) in [5, 5.41) is 9.00. The Balaban J connectivity index is 1.76. The highest BCUT2D eigenvalue weighted by molar-refractivity contribution is 5.97. The molecule has 0 bridgehead atoms. The van der Waals surface area contributed by atoms with Gasteiger partial charge in [0.2, 0.25) is 0 Å². The summed E-state index contributed by atoms with van der Waals surface area (Å²) in [6.45, 7) is 0. The summed E-state index contributed by atoms with van der Waals surface area (Å²) in [5.74, 6) is -0.954. The molecule has 1 aromatic carbocycles. The van der Waals surface area contributed by atoms with Crippen molar-refractivity contribution < 1.29 is 14.0 Å². The SMILES string of the molecule is N#Cc1cc(F)cc(C2CCC(=O)C(CC(=O)c3ccccn3)C2)c1. The topological polar surface area (TPSA) is 70.8 Å². The number of nitrogens with zero attached hydrogens (tertiary/aromatic N) is 2. The number of hydrogen-bond acceptors (Lipinski definition) is 4. The Morgan fingerprint density at radius 3 is 2.88 bits per heavy atom. The van der Waals surface area contributed by atoms with Gasteiger partial charge in [0, 0.05) is 25.0 Å². The zero-order valence-electron chi connectivity index (χ0n) is 13.6. The first kappa shape index (κ1) is 17.0. The van der Waals surface area contributed by atoms with Crippen LogP contribution in [0.3, 0.4) is 0 Å². The summed E-state index contributed by atoms with van der Waals surface area (Å²) < 4.78 is 13.7. The van der Waals surface area contributed by atoms with Crippen LogP contribution in [0, 0.1) is 23.1 Å². The van der Waals surface area contributed by atoms with Crippen molar-refractivity contribution in [3.8, 4) is 6.07 Å². The van der Waals surface area contributed by atoms with Crippen molar-refractivity contribution in [2.45, 2.75) is 31.6 Å². The molecule has 5 heteroatoms. The molecule has 1 heterocycles.